The zero-order valence-electron chi connectivity index (χ0n) is 11.8. The second kappa shape index (κ2) is 6.36. The van der Waals surface area contributed by atoms with Gasteiger partial charge in [-0.15, -0.1) is 11.3 Å². The van der Waals surface area contributed by atoms with Crippen LogP contribution < -0.4 is 10.2 Å². The van der Waals surface area contributed by atoms with Gasteiger partial charge in [-0.1, -0.05) is 13.8 Å². The monoisotopic (exact) mass is 282 g/mol. The molecule has 2 N–H and O–H groups in total. The molecule has 0 aliphatic heterocycles. The lowest BCUT2D eigenvalue weighted by molar-refractivity contribution is 0.304. The van der Waals surface area contributed by atoms with Gasteiger partial charge in [0.2, 0.25) is 0 Å². The second-order valence-electron chi connectivity index (χ2n) is 5.11. The number of rotatable bonds is 7. The van der Waals surface area contributed by atoms with Gasteiger partial charge in [-0.05, 0) is 12.5 Å². The maximum atomic E-state index is 9.07. The van der Waals surface area contributed by atoms with Crippen molar-refractivity contribution in [1.29, 1.82) is 0 Å². The molecule has 0 atom stereocenters. The highest BCUT2D eigenvalue weighted by molar-refractivity contribution is 7.15. The lowest BCUT2D eigenvalue weighted by atomic mass is 10.2. The molecule has 0 aromatic carbocycles. The van der Waals surface area contributed by atoms with Gasteiger partial charge in [0.1, 0.15) is 0 Å². The van der Waals surface area contributed by atoms with Crippen LogP contribution in [-0.2, 0) is 6.54 Å². The SMILES string of the molecule is CC(C)CNCc1c(N(C)CCO)nc2sccn12. The molecule has 0 saturated carbocycles. The summed E-state index contributed by atoms with van der Waals surface area (Å²) in [6.07, 6.45) is 2.05. The van der Waals surface area contributed by atoms with E-state index in [-0.39, 0.29) is 6.61 Å². The number of aliphatic hydroxyl groups excluding tert-OH is 1. The van der Waals surface area contributed by atoms with Gasteiger partial charge in [-0.2, -0.15) is 0 Å². The van der Waals surface area contributed by atoms with Gasteiger partial charge in [-0.25, -0.2) is 4.98 Å². The van der Waals surface area contributed by atoms with Crippen LogP contribution in [0.3, 0.4) is 0 Å². The number of aromatic nitrogens is 2. The van der Waals surface area contributed by atoms with Crippen LogP contribution in [0.2, 0.25) is 0 Å². The van der Waals surface area contributed by atoms with Crippen LogP contribution in [0.1, 0.15) is 19.5 Å². The van der Waals surface area contributed by atoms with E-state index in [4.69, 9.17) is 5.11 Å². The molecule has 0 radical (unpaired) electrons. The fourth-order valence-electron chi connectivity index (χ4n) is 2.03. The Kier molecular flexibility index (Phi) is 4.79. The number of thiazole rings is 1. The van der Waals surface area contributed by atoms with Crippen molar-refractivity contribution in [3.63, 3.8) is 0 Å². The highest BCUT2D eigenvalue weighted by atomic mass is 32.1. The average Bonchev–Trinajstić information content (AvgIpc) is 2.91. The zero-order valence-corrected chi connectivity index (χ0v) is 12.6. The number of hydrogen-bond acceptors (Lipinski definition) is 5. The van der Waals surface area contributed by atoms with E-state index in [1.54, 1.807) is 11.3 Å². The Bertz CT molecular complexity index is 520. The van der Waals surface area contributed by atoms with Crippen LogP contribution in [0.25, 0.3) is 4.96 Å². The molecule has 2 rings (SSSR count). The van der Waals surface area contributed by atoms with Crippen molar-refractivity contribution >= 4 is 22.1 Å². The van der Waals surface area contributed by atoms with Crippen LogP contribution in [0.5, 0.6) is 0 Å². The lowest BCUT2D eigenvalue weighted by Gasteiger charge is -2.17. The molecule has 0 spiro atoms. The van der Waals surface area contributed by atoms with Gasteiger partial charge in [0.15, 0.2) is 10.8 Å². The van der Waals surface area contributed by atoms with Crippen molar-refractivity contribution in [2.45, 2.75) is 20.4 Å². The van der Waals surface area contributed by atoms with E-state index in [2.05, 4.69) is 34.7 Å². The number of anilines is 1. The molecule has 0 amide bonds. The van der Waals surface area contributed by atoms with Crippen molar-refractivity contribution in [3.8, 4) is 0 Å². The number of aliphatic hydroxyl groups is 1. The normalized spacial score (nSPS) is 11.6. The highest BCUT2D eigenvalue weighted by Gasteiger charge is 2.16. The second-order valence-corrected chi connectivity index (χ2v) is 5.98. The van der Waals surface area contributed by atoms with Gasteiger partial charge in [0, 0.05) is 31.7 Å². The molecule has 0 unspecified atom stereocenters. The van der Waals surface area contributed by atoms with Gasteiger partial charge in [0.25, 0.3) is 0 Å². The van der Waals surface area contributed by atoms with E-state index < -0.39 is 0 Å². The summed E-state index contributed by atoms with van der Waals surface area (Å²) in [4.78, 5) is 7.65. The maximum Gasteiger partial charge on any atom is 0.195 e. The summed E-state index contributed by atoms with van der Waals surface area (Å²) in [6, 6.07) is 0. The highest BCUT2D eigenvalue weighted by Crippen LogP contribution is 2.23. The minimum absolute atomic E-state index is 0.139. The average molecular weight is 282 g/mol. The summed E-state index contributed by atoms with van der Waals surface area (Å²) in [6.45, 7) is 6.91. The van der Waals surface area contributed by atoms with Crippen molar-refractivity contribution in [2.75, 3.05) is 31.6 Å². The summed E-state index contributed by atoms with van der Waals surface area (Å²) in [7, 11) is 1.97. The molecule has 0 bridgehead atoms. The van der Waals surface area contributed by atoms with Crippen LogP contribution in [0, 0.1) is 5.92 Å². The number of nitrogens with zero attached hydrogens (tertiary/aromatic N) is 3. The van der Waals surface area contributed by atoms with Crippen molar-refractivity contribution in [3.05, 3.63) is 17.3 Å². The van der Waals surface area contributed by atoms with Crippen LogP contribution in [-0.4, -0.2) is 41.2 Å². The Morgan fingerprint density at radius 2 is 2.32 bits per heavy atom. The summed E-state index contributed by atoms with van der Waals surface area (Å²) in [5, 5.41) is 14.6. The van der Waals surface area contributed by atoms with Crippen molar-refractivity contribution in [2.24, 2.45) is 5.92 Å². The molecule has 5 nitrogen and oxygen atoms in total. The van der Waals surface area contributed by atoms with E-state index in [0.29, 0.717) is 12.5 Å². The summed E-state index contributed by atoms with van der Waals surface area (Å²) in [5.74, 6) is 1.58. The van der Waals surface area contributed by atoms with Crippen molar-refractivity contribution in [1.82, 2.24) is 14.7 Å². The molecule has 0 fully saturated rings. The van der Waals surface area contributed by atoms with E-state index in [1.165, 1.54) is 0 Å². The van der Waals surface area contributed by atoms with Gasteiger partial charge < -0.3 is 15.3 Å². The number of fused-ring (bicyclic) bond motifs is 1. The predicted molar refractivity (Wildman–Crippen MR) is 80.0 cm³/mol. The smallest absolute Gasteiger partial charge is 0.195 e. The first kappa shape index (κ1) is 14.3. The summed E-state index contributed by atoms with van der Waals surface area (Å²) >= 11 is 1.63. The largest absolute Gasteiger partial charge is 0.395 e. The lowest BCUT2D eigenvalue weighted by Crippen LogP contribution is -2.25. The number of imidazole rings is 1. The first-order chi connectivity index (χ1) is 9.13. The first-order valence-electron chi connectivity index (χ1n) is 6.60. The third-order valence-electron chi connectivity index (χ3n) is 2.98. The first-order valence-corrected chi connectivity index (χ1v) is 7.48. The third kappa shape index (κ3) is 3.26. The topological polar surface area (TPSA) is 52.8 Å². The van der Waals surface area contributed by atoms with E-state index in [0.717, 1.165) is 29.6 Å². The van der Waals surface area contributed by atoms with Crippen LogP contribution in [0.4, 0.5) is 5.82 Å². The fourth-order valence-corrected chi connectivity index (χ4v) is 2.75. The fraction of sp³-hybridized carbons (Fsp3) is 0.615. The quantitative estimate of drug-likeness (QED) is 0.809. The molecule has 0 aliphatic carbocycles. The molecule has 0 saturated heterocycles. The molecular weight excluding hydrogens is 260 g/mol. The molecule has 2 heterocycles. The number of likely N-dealkylation sites (N-methyl/N-ethyl adjacent to an activating group) is 1. The Labute approximate surface area is 117 Å². The van der Waals surface area contributed by atoms with Crippen LogP contribution in [0.15, 0.2) is 11.6 Å². The zero-order chi connectivity index (χ0) is 13.8. The molecule has 2 aromatic rings. The van der Waals surface area contributed by atoms with Gasteiger partial charge in [0.05, 0.1) is 12.3 Å². The molecular formula is C13H22N4OS. The summed E-state index contributed by atoms with van der Waals surface area (Å²) in [5.41, 5.74) is 1.16. The van der Waals surface area contributed by atoms with Gasteiger partial charge in [-0.3, -0.25) is 4.40 Å². The molecule has 0 aliphatic rings. The maximum absolute atomic E-state index is 9.07. The van der Waals surface area contributed by atoms with E-state index >= 15 is 0 Å². The Morgan fingerprint density at radius 3 is 3.00 bits per heavy atom. The van der Waals surface area contributed by atoms with Crippen LogP contribution >= 0.6 is 11.3 Å². The van der Waals surface area contributed by atoms with E-state index in [9.17, 15) is 0 Å². The standard InChI is InChI=1S/C13H22N4OS/c1-10(2)8-14-9-11-12(16(3)4-6-18)15-13-17(11)5-7-19-13/h5,7,10,14,18H,4,6,8-9H2,1-3H3. The van der Waals surface area contributed by atoms with E-state index in [1.807, 2.05) is 17.3 Å². The number of hydrogen-bond donors (Lipinski definition) is 2. The minimum Gasteiger partial charge on any atom is -0.395 e. The Balaban J connectivity index is 2.21. The predicted octanol–water partition coefficient (Wildman–Crippen LogP) is 1.57. The Hall–Kier alpha value is -1.11. The molecule has 106 valence electrons. The molecule has 2 aromatic heterocycles. The van der Waals surface area contributed by atoms with Gasteiger partial charge >= 0.3 is 0 Å². The Morgan fingerprint density at radius 1 is 1.53 bits per heavy atom. The third-order valence-corrected chi connectivity index (χ3v) is 3.74. The van der Waals surface area contributed by atoms with Crippen molar-refractivity contribution < 1.29 is 5.11 Å². The summed E-state index contributed by atoms with van der Waals surface area (Å²) < 4.78 is 2.13. The minimum atomic E-state index is 0.139. The molecule has 6 heteroatoms. The molecule has 19 heavy (non-hydrogen) atoms. The number of nitrogens with one attached hydrogen (secondary N) is 1.